The Morgan fingerprint density at radius 2 is 1.71 bits per heavy atom. The van der Waals surface area contributed by atoms with Gasteiger partial charge in [-0.3, -0.25) is 0 Å². The second kappa shape index (κ2) is 4.06. The number of allylic oxidation sites excluding steroid dienone is 1. The Morgan fingerprint density at radius 3 is 2.59 bits per heavy atom. The van der Waals surface area contributed by atoms with Crippen molar-refractivity contribution < 1.29 is 9.13 Å². The second-order valence-corrected chi connectivity index (χ2v) is 3.96. The molecule has 2 heteroatoms. The van der Waals surface area contributed by atoms with Crippen molar-refractivity contribution in [2.45, 2.75) is 6.42 Å². The van der Waals surface area contributed by atoms with Crippen LogP contribution in [0, 0.1) is 5.82 Å². The van der Waals surface area contributed by atoms with Gasteiger partial charge >= 0.3 is 0 Å². The lowest BCUT2D eigenvalue weighted by Crippen LogP contribution is -2.05. The maximum atomic E-state index is 13.6. The van der Waals surface area contributed by atoms with Gasteiger partial charge < -0.3 is 4.74 Å². The zero-order valence-corrected chi connectivity index (χ0v) is 9.19. The van der Waals surface area contributed by atoms with Crippen LogP contribution in [0.5, 0.6) is 5.75 Å². The first kappa shape index (κ1) is 10.1. The van der Waals surface area contributed by atoms with Crippen LogP contribution in [0.25, 0.3) is 5.76 Å². The Bertz CT molecular complexity index is 587. The first-order chi connectivity index (χ1) is 8.34. The summed E-state index contributed by atoms with van der Waals surface area (Å²) in [6.45, 7) is 0. The van der Waals surface area contributed by atoms with Crippen LogP contribution in [-0.4, -0.2) is 0 Å². The molecule has 0 saturated heterocycles. The molecule has 1 aliphatic rings. The van der Waals surface area contributed by atoms with Gasteiger partial charge in [-0.1, -0.05) is 30.3 Å². The molecule has 3 rings (SSSR count). The summed E-state index contributed by atoms with van der Waals surface area (Å²) in [5, 5.41) is 0. The van der Waals surface area contributed by atoms with Crippen LogP contribution in [0.15, 0.2) is 54.6 Å². The number of rotatable bonds is 1. The van der Waals surface area contributed by atoms with Crippen LogP contribution >= 0.6 is 0 Å². The summed E-state index contributed by atoms with van der Waals surface area (Å²) < 4.78 is 19.3. The van der Waals surface area contributed by atoms with Crippen LogP contribution in [0.4, 0.5) is 4.39 Å². The Kier molecular flexibility index (Phi) is 2.41. The molecule has 0 spiro atoms. The highest BCUT2D eigenvalue weighted by Gasteiger charge is 2.15. The Labute approximate surface area is 99.2 Å². The van der Waals surface area contributed by atoms with Crippen molar-refractivity contribution in [1.82, 2.24) is 0 Å². The van der Waals surface area contributed by atoms with E-state index in [2.05, 4.69) is 0 Å². The van der Waals surface area contributed by atoms with Gasteiger partial charge in [0.15, 0.2) is 0 Å². The maximum Gasteiger partial charge on any atom is 0.134 e. The largest absolute Gasteiger partial charge is 0.457 e. The number of ether oxygens (including phenoxy) is 1. The first-order valence-corrected chi connectivity index (χ1v) is 5.55. The van der Waals surface area contributed by atoms with Crippen molar-refractivity contribution in [3.63, 3.8) is 0 Å². The number of para-hydroxylation sites is 1. The quantitative estimate of drug-likeness (QED) is 0.718. The minimum absolute atomic E-state index is 0.252. The highest BCUT2D eigenvalue weighted by molar-refractivity contribution is 5.65. The highest BCUT2D eigenvalue weighted by atomic mass is 19.1. The number of fused-ring (bicyclic) bond motifs is 1. The van der Waals surface area contributed by atoms with Crippen LogP contribution in [0.2, 0.25) is 0 Å². The average molecular weight is 226 g/mol. The van der Waals surface area contributed by atoms with Crippen LogP contribution < -0.4 is 4.74 Å². The summed E-state index contributed by atoms with van der Waals surface area (Å²) in [4.78, 5) is 0. The molecule has 0 fully saturated rings. The molecule has 0 radical (unpaired) electrons. The molecule has 0 unspecified atom stereocenters. The molecule has 0 aliphatic carbocycles. The van der Waals surface area contributed by atoms with Gasteiger partial charge in [0.05, 0.1) is 5.56 Å². The number of hydrogen-bond acceptors (Lipinski definition) is 1. The Hall–Kier alpha value is -2.09. The zero-order chi connectivity index (χ0) is 11.7. The van der Waals surface area contributed by atoms with E-state index in [1.807, 2.05) is 36.4 Å². The van der Waals surface area contributed by atoms with Gasteiger partial charge in [-0.15, -0.1) is 0 Å². The van der Waals surface area contributed by atoms with E-state index in [0.29, 0.717) is 11.3 Å². The monoisotopic (exact) mass is 226 g/mol. The fourth-order valence-electron chi connectivity index (χ4n) is 1.96. The molecule has 0 atom stereocenters. The molecule has 0 amide bonds. The van der Waals surface area contributed by atoms with Crippen molar-refractivity contribution >= 4 is 5.76 Å². The van der Waals surface area contributed by atoms with Crippen molar-refractivity contribution in [3.8, 4) is 5.75 Å². The number of hydrogen-bond donors (Lipinski definition) is 0. The predicted octanol–water partition coefficient (Wildman–Crippen LogP) is 3.80. The van der Waals surface area contributed by atoms with E-state index in [1.165, 1.54) is 6.07 Å². The second-order valence-electron chi connectivity index (χ2n) is 3.96. The van der Waals surface area contributed by atoms with Crippen molar-refractivity contribution in [3.05, 3.63) is 71.6 Å². The Balaban J connectivity index is 1.99. The van der Waals surface area contributed by atoms with Crippen molar-refractivity contribution in [2.24, 2.45) is 0 Å². The molecule has 2 aromatic rings. The topological polar surface area (TPSA) is 9.23 Å². The molecule has 17 heavy (non-hydrogen) atoms. The van der Waals surface area contributed by atoms with Crippen LogP contribution in [-0.2, 0) is 6.42 Å². The number of benzene rings is 2. The van der Waals surface area contributed by atoms with Gasteiger partial charge in [-0.25, -0.2) is 4.39 Å². The lowest BCUT2D eigenvalue weighted by molar-refractivity contribution is 0.491. The molecule has 0 aromatic heterocycles. The summed E-state index contributed by atoms with van der Waals surface area (Å²) >= 11 is 0. The summed E-state index contributed by atoms with van der Waals surface area (Å²) in [7, 11) is 0. The molecular formula is C15H11FO. The molecule has 84 valence electrons. The summed E-state index contributed by atoms with van der Waals surface area (Å²) in [6.07, 6.45) is 2.70. The third-order valence-corrected chi connectivity index (χ3v) is 2.84. The molecule has 0 N–H and O–H groups in total. The van der Waals surface area contributed by atoms with Crippen molar-refractivity contribution in [2.75, 3.05) is 0 Å². The summed E-state index contributed by atoms with van der Waals surface area (Å²) in [5.41, 5.74) is 1.65. The Morgan fingerprint density at radius 1 is 0.941 bits per heavy atom. The molecule has 1 heterocycles. The van der Waals surface area contributed by atoms with Crippen LogP contribution in [0.3, 0.4) is 0 Å². The normalized spacial score (nSPS) is 13.6. The molecule has 2 aromatic carbocycles. The molecular weight excluding hydrogens is 215 g/mol. The van der Waals surface area contributed by atoms with E-state index in [4.69, 9.17) is 4.74 Å². The maximum absolute atomic E-state index is 13.6. The van der Waals surface area contributed by atoms with E-state index in [0.717, 1.165) is 17.7 Å². The third-order valence-electron chi connectivity index (χ3n) is 2.84. The minimum atomic E-state index is -0.252. The summed E-state index contributed by atoms with van der Waals surface area (Å²) in [6, 6.07) is 14.5. The average Bonchev–Trinajstić information content (AvgIpc) is 2.39. The minimum Gasteiger partial charge on any atom is -0.457 e. The van der Waals surface area contributed by atoms with E-state index < -0.39 is 0 Å². The SMILES string of the molecule is Fc1ccccc1C1=CCc2ccccc2O1. The predicted molar refractivity (Wildman–Crippen MR) is 65.2 cm³/mol. The molecule has 0 bridgehead atoms. The van der Waals surface area contributed by atoms with Gasteiger partial charge in [0, 0.05) is 0 Å². The molecule has 1 nitrogen and oxygen atoms in total. The smallest absolute Gasteiger partial charge is 0.134 e. The standard InChI is InChI=1S/C15H11FO/c16-13-7-3-2-6-12(13)15-10-9-11-5-1-4-8-14(11)17-15/h1-8,10H,9H2. The van der Waals surface area contributed by atoms with Gasteiger partial charge in [-0.2, -0.15) is 0 Å². The van der Waals surface area contributed by atoms with E-state index in [1.54, 1.807) is 12.1 Å². The van der Waals surface area contributed by atoms with E-state index in [9.17, 15) is 4.39 Å². The van der Waals surface area contributed by atoms with Crippen molar-refractivity contribution in [1.29, 1.82) is 0 Å². The van der Waals surface area contributed by atoms with Crippen LogP contribution in [0.1, 0.15) is 11.1 Å². The number of halogens is 1. The first-order valence-electron chi connectivity index (χ1n) is 5.55. The lowest BCUT2D eigenvalue weighted by atomic mass is 10.0. The van der Waals surface area contributed by atoms with Gasteiger partial charge in [0.25, 0.3) is 0 Å². The zero-order valence-electron chi connectivity index (χ0n) is 9.19. The molecule has 1 aliphatic heterocycles. The van der Waals surface area contributed by atoms with Gasteiger partial charge in [0.2, 0.25) is 0 Å². The van der Waals surface area contributed by atoms with E-state index >= 15 is 0 Å². The molecule has 0 saturated carbocycles. The van der Waals surface area contributed by atoms with E-state index in [-0.39, 0.29) is 5.82 Å². The lowest BCUT2D eigenvalue weighted by Gasteiger charge is -2.18. The third kappa shape index (κ3) is 1.82. The fourth-order valence-corrected chi connectivity index (χ4v) is 1.96. The van der Waals surface area contributed by atoms with Gasteiger partial charge in [-0.05, 0) is 36.3 Å². The summed E-state index contributed by atoms with van der Waals surface area (Å²) in [5.74, 6) is 1.16. The highest BCUT2D eigenvalue weighted by Crippen LogP contribution is 2.30. The van der Waals surface area contributed by atoms with Gasteiger partial charge in [0.1, 0.15) is 17.3 Å². The fraction of sp³-hybridized carbons (Fsp3) is 0.0667.